The number of benzene rings is 1. The summed E-state index contributed by atoms with van der Waals surface area (Å²) < 4.78 is 0. The summed E-state index contributed by atoms with van der Waals surface area (Å²) >= 11 is 0. The number of nitrogen functional groups attached to an aromatic ring is 1. The van der Waals surface area contributed by atoms with Gasteiger partial charge in [-0.1, -0.05) is 0 Å². The summed E-state index contributed by atoms with van der Waals surface area (Å²) in [5.41, 5.74) is 12.4. The van der Waals surface area contributed by atoms with Crippen molar-refractivity contribution in [3.63, 3.8) is 0 Å². The number of nitrogens with one attached hydrogen (secondary N) is 2. The second-order valence-electron chi connectivity index (χ2n) is 4.82. The quantitative estimate of drug-likeness (QED) is 0.577. The molecule has 0 aromatic heterocycles. The highest BCUT2D eigenvalue weighted by molar-refractivity contribution is 5.95. The first-order valence-corrected chi connectivity index (χ1v) is 6.23. The third-order valence-corrected chi connectivity index (χ3v) is 3.03. The Balaban J connectivity index is 2.06. The molecule has 0 aliphatic heterocycles. The highest BCUT2D eigenvalue weighted by atomic mass is 16.2. The molecule has 19 heavy (non-hydrogen) atoms. The lowest BCUT2D eigenvalue weighted by Gasteiger charge is -2.17. The molecule has 1 fully saturated rings. The van der Waals surface area contributed by atoms with E-state index in [9.17, 15) is 9.59 Å². The first kappa shape index (κ1) is 13.2. The van der Waals surface area contributed by atoms with Crippen LogP contribution in [0.5, 0.6) is 0 Å². The largest absolute Gasteiger partial charge is 0.397 e. The van der Waals surface area contributed by atoms with Crippen molar-refractivity contribution in [2.45, 2.75) is 31.8 Å². The predicted octanol–water partition coefficient (Wildman–Crippen LogP) is 0.447. The van der Waals surface area contributed by atoms with E-state index >= 15 is 0 Å². The third-order valence-electron chi connectivity index (χ3n) is 3.03. The number of carbonyl (C=O) groups excluding carboxylic acids is 2. The van der Waals surface area contributed by atoms with E-state index in [4.69, 9.17) is 11.5 Å². The molecule has 1 aromatic rings. The zero-order valence-electron chi connectivity index (χ0n) is 10.8. The van der Waals surface area contributed by atoms with Crippen molar-refractivity contribution in [2.75, 3.05) is 11.1 Å². The fraction of sp³-hybridized carbons (Fsp3) is 0.385. The van der Waals surface area contributed by atoms with Gasteiger partial charge in [-0.05, 0) is 38.0 Å². The first-order chi connectivity index (χ1) is 8.97. The molecular weight excluding hydrogens is 244 g/mol. The van der Waals surface area contributed by atoms with E-state index in [-0.39, 0.29) is 5.91 Å². The molecular formula is C13H18N4O2. The number of primary amides is 1. The predicted molar refractivity (Wildman–Crippen MR) is 73.6 cm³/mol. The van der Waals surface area contributed by atoms with E-state index in [1.54, 1.807) is 25.1 Å². The number of anilines is 2. The van der Waals surface area contributed by atoms with Crippen LogP contribution in [0.25, 0.3) is 0 Å². The van der Waals surface area contributed by atoms with Gasteiger partial charge < -0.3 is 22.1 Å². The van der Waals surface area contributed by atoms with Crippen LogP contribution in [0.1, 0.15) is 30.1 Å². The van der Waals surface area contributed by atoms with Crippen molar-refractivity contribution >= 4 is 23.2 Å². The van der Waals surface area contributed by atoms with Crippen molar-refractivity contribution in [1.82, 2.24) is 5.32 Å². The third kappa shape index (κ3) is 3.37. The minimum Gasteiger partial charge on any atom is -0.397 e. The number of amides is 2. The van der Waals surface area contributed by atoms with E-state index in [1.165, 1.54) is 0 Å². The average Bonchev–Trinajstić information content (AvgIpc) is 3.15. The van der Waals surface area contributed by atoms with E-state index in [0.29, 0.717) is 23.0 Å². The molecule has 102 valence electrons. The molecule has 1 saturated carbocycles. The Hall–Kier alpha value is -2.24. The fourth-order valence-corrected chi connectivity index (χ4v) is 1.69. The van der Waals surface area contributed by atoms with Crippen LogP contribution in [0, 0.1) is 0 Å². The van der Waals surface area contributed by atoms with Crippen molar-refractivity contribution in [1.29, 1.82) is 0 Å². The van der Waals surface area contributed by atoms with Crippen LogP contribution in [0.3, 0.4) is 0 Å². The number of hydrogen-bond acceptors (Lipinski definition) is 4. The SMILES string of the molecule is CC(Nc1cc(C(N)=O)ccc1N)C(=O)NC1CC1. The molecule has 1 unspecified atom stereocenters. The van der Waals surface area contributed by atoms with E-state index in [0.717, 1.165) is 12.8 Å². The van der Waals surface area contributed by atoms with E-state index in [2.05, 4.69) is 10.6 Å². The number of carbonyl (C=O) groups is 2. The Morgan fingerprint density at radius 3 is 2.63 bits per heavy atom. The fourth-order valence-electron chi connectivity index (χ4n) is 1.69. The van der Waals surface area contributed by atoms with E-state index in [1.807, 2.05) is 0 Å². The van der Waals surface area contributed by atoms with Crippen LogP contribution in [0.4, 0.5) is 11.4 Å². The van der Waals surface area contributed by atoms with Gasteiger partial charge in [0.25, 0.3) is 0 Å². The van der Waals surface area contributed by atoms with Gasteiger partial charge in [-0.3, -0.25) is 9.59 Å². The normalized spacial score (nSPS) is 15.6. The summed E-state index contributed by atoms with van der Waals surface area (Å²) in [4.78, 5) is 22.9. The van der Waals surface area contributed by atoms with Gasteiger partial charge in [0.15, 0.2) is 0 Å². The lowest BCUT2D eigenvalue weighted by atomic mass is 10.1. The molecule has 6 heteroatoms. The van der Waals surface area contributed by atoms with Crippen molar-refractivity contribution < 1.29 is 9.59 Å². The number of nitrogens with two attached hydrogens (primary N) is 2. The van der Waals surface area contributed by atoms with Gasteiger partial charge >= 0.3 is 0 Å². The summed E-state index contributed by atoms with van der Waals surface area (Å²) in [6.45, 7) is 1.74. The summed E-state index contributed by atoms with van der Waals surface area (Å²) in [6.07, 6.45) is 2.08. The van der Waals surface area contributed by atoms with Gasteiger partial charge in [-0.2, -0.15) is 0 Å². The molecule has 6 N–H and O–H groups in total. The van der Waals surface area contributed by atoms with Gasteiger partial charge in [0.05, 0.1) is 11.4 Å². The molecule has 1 aliphatic rings. The molecule has 1 atom stereocenters. The highest BCUT2D eigenvalue weighted by Gasteiger charge is 2.25. The Kier molecular flexibility index (Phi) is 3.59. The van der Waals surface area contributed by atoms with Crippen molar-refractivity contribution in [3.05, 3.63) is 23.8 Å². The maximum atomic E-state index is 11.8. The van der Waals surface area contributed by atoms with Crippen molar-refractivity contribution in [3.8, 4) is 0 Å². The van der Waals surface area contributed by atoms with Gasteiger partial charge in [0.2, 0.25) is 11.8 Å². The smallest absolute Gasteiger partial charge is 0.248 e. The summed E-state index contributed by atoms with van der Waals surface area (Å²) in [7, 11) is 0. The Bertz CT molecular complexity index is 511. The summed E-state index contributed by atoms with van der Waals surface area (Å²) in [5.74, 6) is -0.607. The highest BCUT2D eigenvalue weighted by Crippen LogP contribution is 2.22. The Labute approximate surface area is 111 Å². The second-order valence-corrected chi connectivity index (χ2v) is 4.82. The molecule has 2 amide bonds. The van der Waals surface area contributed by atoms with Crippen LogP contribution in [0.15, 0.2) is 18.2 Å². The average molecular weight is 262 g/mol. The monoisotopic (exact) mass is 262 g/mol. The van der Waals surface area contributed by atoms with Crippen molar-refractivity contribution in [2.24, 2.45) is 5.73 Å². The van der Waals surface area contributed by atoms with Crippen LogP contribution in [0.2, 0.25) is 0 Å². The Morgan fingerprint density at radius 1 is 1.37 bits per heavy atom. The van der Waals surface area contributed by atoms with Crippen LogP contribution < -0.4 is 22.1 Å². The lowest BCUT2D eigenvalue weighted by Crippen LogP contribution is -2.38. The standard InChI is InChI=1S/C13H18N4O2/c1-7(13(19)17-9-3-4-9)16-11-6-8(12(15)18)2-5-10(11)14/h2,5-7,9,16H,3-4,14H2,1H3,(H2,15,18)(H,17,19). The minimum absolute atomic E-state index is 0.0774. The summed E-state index contributed by atoms with van der Waals surface area (Å²) in [5, 5.41) is 5.89. The first-order valence-electron chi connectivity index (χ1n) is 6.23. The molecule has 1 aliphatic carbocycles. The molecule has 0 saturated heterocycles. The maximum Gasteiger partial charge on any atom is 0.248 e. The summed E-state index contributed by atoms with van der Waals surface area (Å²) in [6, 6.07) is 4.58. The molecule has 1 aromatic carbocycles. The molecule has 0 spiro atoms. The van der Waals surface area contributed by atoms with Crippen LogP contribution in [-0.2, 0) is 4.79 Å². The minimum atomic E-state index is -0.530. The number of hydrogen-bond donors (Lipinski definition) is 4. The lowest BCUT2D eigenvalue weighted by molar-refractivity contribution is -0.121. The molecule has 2 rings (SSSR count). The molecule has 0 bridgehead atoms. The second kappa shape index (κ2) is 5.17. The van der Waals surface area contributed by atoms with Crippen LogP contribution >= 0.6 is 0 Å². The van der Waals surface area contributed by atoms with E-state index < -0.39 is 11.9 Å². The molecule has 0 heterocycles. The molecule has 0 radical (unpaired) electrons. The zero-order chi connectivity index (χ0) is 14.0. The van der Waals surface area contributed by atoms with Gasteiger partial charge in [0, 0.05) is 11.6 Å². The van der Waals surface area contributed by atoms with Crippen LogP contribution in [-0.4, -0.2) is 23.9 Å². The van der Waals surface area contributed by atoms with Gasteiger partial charge in [-0.25, -0.2) is 0 Å². The van der Waals surface area contributed by atoms with Gasteiger partial charge in [0.1, 0.15) is 6.04 Å². The Morgan fingerprint density at radius 2 is 2.05 bits per heavy atom. The zero-order valence-corrected chi connectivity index (χ0v) is 10.8. The molecule has 6 nitrogen and oxygen atoms in total. The van der Waals surface area contributed by atoms with Gasteiger partial charge in [-0.15, -0.1) is 0 Å². The topological polar surface area (TPSA) is 110 Å². The number of rotatable bonds is 5. The maximum absolute atomic E-state index is 11.8.